The first-order chi connectivity index (χ1) is 12.6. The highest BCUT2D eigenvalue weighted by Gasteiger charge is 2.41. The fourth-order valence-electron chi connectivity index (χ4n) is 3.85. The van der Waals surface area contributed by atoms with E-state index in [0.717, 1.165) is 19.3 Å². The van der Waals surface area contributed by atoms with E-state index < -0.39 is 32.2 Å². The van der Waals surface area contributed by atoms with Crippen LogP contribution in [-0.4, -0.2) is 35.9 Å². The molecule has 1 fully saturated rings. The summed E-state index contributed by atoms with van der Waals surface area (Å²) in [5.74, 6) is -2.04. The zero-order valence-corrected chi connectivity index (χ0v) is 17.2. The molecule has 6 nitrogen and oxygen atoms in total. The minimum Gasteiger partial charge on any atom is -0.478 e. The molecular weight excluding hydrogens is 366 g/mol. The average Bonchev–Trinajstić information content (AvgIpc) is 2.57. The van der Waals surface area contributed by atoms with Crippen LogP contribution in [0.2, 0.25) is 0 Å². The number of hydrogen-bond acceptors (Lipinski definition) is 4. The van der Waals surface area contributed by atoms with Crippen LogP contribution in [0.3, 0.4) is 0 Å². The van der Waals surface area contributed by atoms with Gasteiger partial charge in [0.1, 0.15) is 5.25 Å². The van der Waals surface area contributed by atoms with Gasteiger partial charge in [-0.15, -0.1) is 0 Å². The monoisotopic (exact) mass is 395 g/mol. The Bertz CT molecular complexity index is 823. The van der Waals surface area contributed by atoms with E-state index in [2.05, 4.69) is 5.32 Å². The van der Waals surface area contributed by atoms with Gasteiger partial charge >= 0.3 is 5.97 Å². The summed E-state index contributed by atoms with van der Waals surface area (Å²) in [6, 6.07) is 3.08. The highest BCUT2D eigenvalue weighted by Crippen LogP contribution is 2.30. The molecule has 27 heavy (non-hydrogen) atoms. The summed E-state index contributed by atoms with van der Waals surface area (Å²) in [6.07, 6.45) is 3.98. The first kappa shape index (κ1) is 21.4. The topological polar surface area (TPSA) is 101 Å². The summed E-state index contributed by atoms with van der Waals surface area (Å²) < 4.78 is 26.2. The minimum absolute atomic E-state index is 0.0899. The number of amides is 1. The number of carbonyl (C=O) groups excluding carboxylic acids is 1. The zero-order chi connectivity index (χ0) is 20.4. The molecule has 0 radical (unpaired) electrons. The van der Waals surface area contributed by atoms with Crippen molar-refractivity contribution in [1.82, 2.24) is 0 Å². The standard InChI is InChI=1S/C20H29NO5S/c1-12(2)18(27(25,26)15-8-6-5-7-9-15)19(22)21-17-11-16(20(23)24)13(3)10-14(17)4/h10-12,15,18H,5-9H2,1-4H3,(H,21,22)(H,23,24). The van der Waals surface area contributed by atoms with Crippen LogP contribution < -0.4 is 5.32 Å². The van der Waals surface area contributed by atoms with Crippen LogP contribution >= 0.6 is 0 Å². The molecule has 1 saturated carbocycles. The first-order valence-electron chi connectivity index (χ1n) is 9.43. The summed E-state index contributed by atoms with van der Waals surface area (Å²) in [5.41, 5.74) is 1.72. The number of rotatable bonds is 6. The van der Waals surface area contributed by atoms with Crippen LogP contribution in [0.15, 0.2) is 12.1 Å². The van der Waals surface area contributed by atoms with E-state index in [1.807, 2.05) is 0 Å². The molecule has 1 aliphatic carbocycles. The average molecular weight is 396 g/mol. The second-order valence-electron chi connectivity index (χ2n) is 7.79. The summed E-state index contributed by atoms with van der Waals surface area (Å²) in [5, 5.41) is 10.4. The molecule has 1 aliphatic rings. The largest absolute Gasteiger partial charge is 0.478 e. The van der Waals surface area contributed by atoms with Crippen molar-refractivity contribution < 1.29 is 23.1 Å². The van der Waals surface area contributed by atoms with Crippen LogP contribution in [0.25, 0.3) is 0 Å². The molecule has 1 amide bonds. The Morgan fingerprint density at radius 1 is 1.07 bits per heavy atom. The van der Waals surface area contributed by atoms with Crippen molar-refractivity contribution in [3.8, 4) is 0 Å². The van der Waals surface area contributed by atoms with Crippen molar-refractivity contribution in [3.05, 3.63) is 28.8 Å². The predicted octanol–water partition coefficient (Wildman–Crippen LogP) is 3.71. The van der Waals surface area contributed by atoms with Gasteiger partial charge in [0.05, 0.1) is 10.8 Å². The molecule has 0 saturated heterocycles. The lowest BCUT2D eigenvalue weighted by molar-refractivity contribution is -0.116. The summed E-state index contributed by atoms with van der Waals surface area (Å²) in [4.78, 5) is 24.3. The number of carboxylic acid groups (broad SMARTS) is 1. The number of aryl methyl sites for hydroxylation is 2. The van der Waals surface area contributed by atoms with E-state index in [-0.39, 0.29) is 11.5 Å². The third-order valence-corrected chi connectivity index (χ3v) is 8.16. The maximum atomic E-state index is 13.1. The minimum atomic E-state index is -3.62. The van der Waals surface area contributed by atoms with Gasteiger partial charge in [0.2, 0.25) is 5.91 Å². The summed E-state index contributed by atoms with van der Waals surface area (Å²) >= 11 is 0. The number of carbonyl (C=O) groups is 2. The molecule has 2 N–H and O–H groups in total. The first-order valence-corrected chi connectivity index (χ1v) is 11.0. The Labute approximate surface area is 161 Å². The van der Waals surface area contributed by atoms with Crippen molar-refractivity contribution in [3.63, 3.8) is 0 Å². The lowest BCUT2D eigenvalue weighted by atomic mass is 10.0. The van der Waals surface area contributed by atoms with Gasteiger partial charge in [-0.05, 0) is 49.8 Å². The van der Waals surface area contributed by atoms with E-state index in [1.165, 1.54) is 6.07 Å². The van der Waals surface area contributed by atoms with Crippen molar-refractivity contribution >= 4 is 27.4 Å². The van der Waals surface area contributed by atoms with E-state index in [4.69, 9.17) is 0 Å². The van der Waals surface area contributed by atoms with Gasteiger partial charge in [-0.1, -0.05) is 39.2 Å². The molecule has 1 atom stereocenters. The van der Waals surface area contributed by atoms with Crippen LogP contribution in [-0.2, 0) is 14.6 Å². The van der Waals surface area contributed by atoms with E-state index in [9.17, 15) is 23.1 Å². The molecule has 0 aliphatic heterocycles. The molecular formula is C20H29NO5S. The fourth-order valence-corrected chi connectivity index (χ4v) is 6.37. The van der Waals surface area contributed by atoms with Crippen LogP contribution in [0, 0.1) is 19.8 Å². The van der Waals surface area contributed by atoms with Crippen LogP contribution in [0.4, 0.5) is 5.69 Å². The third-order valence-electron chi connectivity index (χ3n) is 5.29. The van der Waals surface area contributed by atoms with Gasteiger partial charge in [-0.2, -0.15) is 0 Å². The maximum absolute atomic E-state index is 13.1. The van der Waals surface area contributed by atoms with Crippen LogP contribution in [0.5, 0.6) is 0 Å². The van der Waals surface area contributed by atoms with Gasteiger partial charge in [-0.3, -0.25) is 4.79 Å². The molecule has 150 valence electrons. The predicted molar refractivity (Wildman–Crippen MR) is 106 cm³/mol. The fraction of sp³-hybridized carbons (Fsp3) is 0.600. The van der Waals surface area contributed by atoms with Gasteiger partial charge in [-0.25, -0.2) is 13.2 Å². The van der Waals surface area contributed by atoms with Crippen molar-refractivity contribution in [2.24, 2.45) is 5.92 Å². The lowest BCUT2D eigenvalue weighted by Crippen LogP contribution is -2.44. The Kier molecular flexibility index (Phi) is 6.68. The van der Waals surface area contributed by atoms with Crippen molar-refractivity contribution in [2.75, 3.05) is 5.32 Å². The van der Waals surface area contributed by atoms with E-state index in [0.29, 0.717) is 29.7 Å². The number of hydrogen-bond donors (Lipinski definition) is 2. The Balaban J connectivity index is 2.33. The molecule has 0 heterocycles. The number of carboxylic acids is 1. The summed E-state index contributed by atoms with van der Waals surface area (Å²) in [7, 11) is -3.62. The molecule has 0 aromatic heterocycles. The Morgan fingerprint density at radius 2 is 1.67 bits per heavy atom. The molecule has 0 spiro atoms. The zero-order valence-electron chi connectivity index (χ0n) is 16.4. The van der Waals surface area contributed by atoms with Gasteiger partial charge in [0.15, 0.2) is 9.84 Å². The number of aromatic carboxylic acids is 1. The van der Waals surface area contributed by atoms with Crippen molar-refractivity contribution in [2.45, 2.75) is 70.3 Å². The van der Waals surface area contributed by atoms with Gasteiger partial charge in [0.25, 0.3) is 0 Å². The van der Waals surface area contributed by atoms with Crippen LogP contribution in [0.1, 0.15) is 67.4 Å². The molecule has 1 aromatic carbocycles. The second kappa shape index (κ2) is 8.42. The highest BCUT2D eigenvalue weighted by atomic mass is 32.2. The summed E-state index contributed by atoms with van der Waals surface area (Å²) in [6.45, 7) is 6.91. The molecule has 1 aromatic rings. The maximum Gasteiger partial charge on any atom is 0.336 e. The van der Waals surface area contributed by atoms with Gasteiger partial charge in [0, 0.05) is 5.69 Å². The van der Waals surface area contributed by atoms with Crippen molar-refractivity contribution in [1.29, 1.82) is 0 Å². The molecule has 2 rings (SSSR count). The quantitative estimate of drug-likeness (QED) is 0.765. The normalized spacial score (nSPS) is 16.9. The highest BCUT2D eigenvalue weighted by molar-refractivity contribution is 7.93. The van der Waals surface area contributed by atoms with E-state index >= 15 is 0 Å². The molecule has 1 unspecified atom stereocenters. The molecule has 7 heteroatoms. The third kappa shape index (κ3) is 4.69. The molecule has 0 bridgehead atoms. The SMILES string of the molecule is Cc1cc(C)c(C(=O)O)cc1NC(=O)C(C(C)C)S(=O)(=O)C1CCCCC1. The van der Waals surface area contributed by atoms with Gasteiger partial charge < -0.3 is 10.4 Å². The Hall–Kier alpha value is -1.89. The lowest BCUT2D eigenvalue weighted by Gasteiger charge is -2.28. The second-order valence-corrected chi connectivity index (χ2v) is 10.1. The smallest absolute Gasteiger partial charge is 0.336 e. The number of benzene rings is 1. The number of nitrogens with one attached hydrogen (secondary N) is 1. The number of sulfone groups is 1. The Morgan fingerprint density at radius 3 is 2.19 bits per heavy atom. The number of anilines is 1. The van der Waals surface area contributed by atoms with E-state index in [1.54, 1.807) is 33.8 Å².